The molecule has 1 unspecified atom stereocenters. The monoisotopic (exact) mass is 291 g/mol. The molecular formula is C18H33N3. The lowest BCUT2D eigenvalue weighted by Crippen LogP contribution is -2.32. The highest BCUT2D eigenvalue weighted by molar-refractivity contribution is 5.02. The van der Waals surface area contributed by atoms with Crippen LogP contribution in [0.2, 0.25) is 0 Å². The Hall–Kier alpha value is -0.830. The second-order valence-corrected chi connectivity index (χ2v) is 6.52. The highest BCUT2D eigenvalue weighted by Crippen LogP contribution is 2.32. The summed E-state index contributed by atoms with van der Waals surface area (Å²) in [6.45, 7) is 6.68. The Morgan fingerprint density at radius 3 is 2.52 bits per heavy atom. The molecule has 1 N–H and O–H groups in total. The van der Waals surface area contributed by atoms with Crippen molar-refractivity contribution in [3.05, 3.63) is 18.2 Å². The van der Waals surface area contributed by atoms with Crippen LogP contribution in [0.1, 0.15) is 83.5 Å². The summed E-state index contributed by atoms with van der Waals surface area (Å²) >= 11 is 0. The number of aromatic nitrogens is 2. The number of nitrogens with zero attached hydrogens (tertiary/aromatic N) is 2. The summed E-state index contributed by atoms with van der Waals surface area (Å²) in [5, 5.41) is 3.81. The largest absolute Gasteiger partial charge is 0.334 e. The average molecular weight is 291 g/mol. The first-order valence-corrected chi connectivity index (χ1v) is 9.11. The van der Waals surface area contributed by atoms with Crippen LogP contribution < -0.4 is 5.32 Å². The van der Waals surface area contributed by atoms with Crippen LogP contribution in [0.5, 0.6) is 0 Å². The Kier molecular flexibility index (Phi) is 7.28. The van der Waals surface area contributed by atoms with Gasteiger partial charge in [0, 0.05) is 18.9 Å². The Balaban J connectivity index is 2.13. The third-order valence-corrected chi connectivity index (χ3v) is 4.73. The second-order valence-electron chi connectivity index (χ2n) is 6.52. The van der Waals surface area contributed by atoms with Crippen LogP contribution in [0.4, 0.5) is 0 Å². The van der Waals surface area contributed by atoms with Crippen LogP contribution in [-0.4, -0.2) is 16.1 Å². The van der Waals surface area contributed by atoms with E-state index in [0.29, 0.717) is 6.04 Å². The molecule has 0 spiro atoms. The van der Waals surface area contributed by atoms with Gasteiger partial charge >= 0.3 is 0 Å². The average Bonchev–Trinajstić information content (AvgIpc) is 2.89. The SMILES string of the molecule is CCCNC(c1nccn1CCC)C1CCCCCCC1. The molecule has 1 aliphatic rings. The predicted octanol–water partition coefficient (Wildman–Crippen LogP) is 4.69. The summed E-state index contributed by atoms with van der Waals surface area (Å²) in [7, 11) is 0. The van der Waals surface area contributed by atoms with E-state index in [1.165, 1.54) is 63.6 Å². The summed E-state index contributed by atoms with van der Waals surface area (Å²) in [6.07, 6.45) is 16.3. The molecule has 1 heterocycles. The molecule has 0 bridgehead atoms. The number of imidazole rings is 1. The molecule has 3 nitrogen and oxygen atoms in total. The Morgan fingerprint density at radius 2 is 1.86 bits per heavy atom. The lowest BCUT2D eigenvalue weighted by molar-refractivity contribution is 0.274. The minimum atomic E-state index is 0.449. The molecule has 1 atom stereocenters. The third-order valence-electron chi connectivity index (χ3n) is 4.73. The van der Waals surface area contributed by atoms with Crippen LogP contribution in [-0.2, 0) is 6.54 Å². The van der Waals surface area contributed by atoms with Gasteiger partial charge in [0.1, 0.15) is 5.82 Å². The first-order valence-electron chi connectivity index (χ1n) is 9.11. The third kappa shape index (κ3) is 4.84. The van der Waals surface area contributed by atoms with Gasteiger partial charge in [0.25, 0.3) is 0 Å². The fourth-order valence-corrected chi connectivity index (χ4v) is 3.62. The van der Waals surface area contributed by atoms with Crippen molar-refractivity contribution >= 4 is 0 Å². The molecule has 3 heteroatoms. The molecule has 120 valence electrons. The van der Waals surface area contributed by atoms with Crippen molar-refractivity contribution in [2.24, 2.45) is 5.92 Å². The molecule has 1 aromatic heterocycles. The minimum Gasteiger partial charge on any atom is -0.334 e. The first-order chi connectivity index (χ1) is 10.4. The topological polar surface area (TPSA) is 29.9 Å². The number of nitrogens with one attached hydrogen (secondary N) is 1. The van der Waals surface area contributed by atoms with Gasteiger partial charge in [-0.15, -0.1) is 0 Å². The molecule has 0 aliphatic heterocycles. The van der Waals surface area contributed by atoms with Crippen molar-refractivity contribution in [2.75, 3.05) is 6.54 Å². The Labute approximate surface area is 130 Å². The Morgan fingerprint density at radius 1 is 1.14 bits per heavy atom. The van der Waals surface area contributed by atoms with Gasteiger partial charge in [-0.05, 0) is 38.1 Å². The minimum absolute atomic E-state index is 0.449. The first kappa shape index (κ1) is 16.5. The standard InChI is InChI=1S/C18H33N3/c1-3-12-19-17(16-10-8-6-5-7-9-11-16)18-20-13-15-21(18)14-4-2/h13,15-17,19H,3-12,14H2,1-2H3. The van der Waals surface area contributed by atoms with Crippen molar-refractivity contribution in [1.29, 1.82) is 0 Å². The van der Waals surface area contributed by atoms with E-state index in [9.17, 15) is 0 Å². The van der Waals surface area contributed by atoms with Crippen LogP contribution in [0.3, 0.4) is 0 Å². The second kappa shape index (κ2) is 9.24. The molecule has 1 fully saturated rings. The highest BCUT2D eigenvalue weighted by Gasteiger charge is 2.26. The lowest BCUT2D eigenvalue weighted by Gasteiger charge is -2.30. The molecule has 21 heavy (non-hydrogen) atoms. The summed E-state index contributed by atoms with van der Waals surface area (Å²) in [4.78, 5) is 4.72. The zero-order valence-corrected chi connectivity index (χ0v) is 14.0. The summed E-state index contributed by atoms with van der Waals surface area (Å²) in [6, 6.07) is 0.449. The van der Waals surface area contributed by atoms with Crippen molar-refractivity contribution in [1.82, 2.24) is 14.9 Å². The number of rotatable bonds is 7. The maximum absolute atomic E-state index is 4.72. The number of hydrogen-bond acceptors (Lipinski definition) is 2. The van der Waals surface area contributed by atoms with E-state index in [-0.39, 0.29) is 0 Å². The quantitative estimate of drug-likeness (QED) is 0.789. The van der Waals surface area contributed by atoms with Gasteiger partial charge in [-0.1, -0.05) is 46.0 Å². The summed E-state index contributed by atoms with van der Waals surface area (Å²) < 4.78 is 2.37. The van der Waals surface area contributed by atoms with Gasteiger partial charge in [0.2, 0.25) is 0 Å². The van der Waals surface area contributed by atoms with Crippen molar-refractivity contribution in [2.45, 2.75) is 84.2 Å². The van der Waals surface area contributed by atoms with Crippen molar-refractivity contribution < 1.29 is 0 Å². The molecule has 1 aliphatic carbocycles. The fourth-order valence-electron chi connectivity index (χ4n) is 3.62. The van der Waals surface area contributed by atoms with Crippen molar-refractivity contribution in [3.63, 3.8) is 0 Å². The van der Waals surface area contributed by atoms with E-state index in [1.807, 2.05) is 6.20 Å². The van der Waals surface area contributed by atoms with E-state index in [1.54, 1.807) is 0 Å². The molecule has 0 radical (unpaired) electrons. The molecular weight excluding hydrogens is 258 g/mol. The Bertz CT molecular complexity index is 378. The van der Waals surface area contributed by atoms with Gasteiger partial charge in [-0.25, -0.2) is 4.98 Å². The van der Waals surface area contributed by atoms with Crippen LogP contribution >= 0.6 is 0 Å². The maximum Gasteiger partial charge on any atom is 0.126 e. The van der Waals surface area contributed by atoms with Gasteiger partial charge in [0.05, 0.1) is 6.04 Å². The molecule has 2 rings (SSSR count). The lowest BCUT2D eigenvalue weighted by atomic mass is 9.85. The molecule has 1 aromatic rings. The fraction of sp³-hybridized carbons (Fsp3) is 0.833. The van der Waals surface area contributed by atoms with E-state index >= 15 is 0 Å². The van der Waals surface area contributed by atoms with Gasteiger partial charge in [-0.2, -0.15) is 0 Å². The maximum atomic E-state index is 4.72. The zero-order chi connectivity index (χ0) is 14.9. The molecule has 0 aromatic carbocycles. The zero-order valence-electron chi connectivity index (χ0n) is 14.0. The van der Waals surface area contributed by atoms with Gasteiger partial charge < -0.3 is 9.88 Å². The normalized spacial score (nSPS) is 19.1. The molecule has 0 amide bonds. The number of aryl methyl sites for hydroxylation is 1. The number of hydrogen-bond donors (Lipinski definition) is 1. The van der Waals surface area contributed by atoms with Gasteiger partial charge in [-0.3, -0.25) is 0 Å². The van der Waals surface area contributed by atoms with E-state index < -0.39 is 0 Å². The predicted molar refractivity (Wildman–Crippen MR) is 89.4 cm³/mol. The van der Waals surface area contributed by atoms with E-state index in [4.69, 9.17) is 4.98 Å². The van der Waals surface area contributed by atoms with E-state index in [0.717, 1.165) is 19.0 Å². The summed E-state index contributed by atoms with van der Waals surface area (Å²) in [5.74, 6) is 2.03. The highest BCUT2D eigenvalue weighted by atomic mass is 15.1. The smallest absolute Gasteiger partial charge is 0.126 e. The van der Waals surface area contributed by atoms with Gasteiger partial charge in [0.15, 0.2) is 0 Å². The van der Waals surface area contributed by atoms with Crippen LogP contribution in [0.15, 0.2) is 12.4 Å². The molecule has 1 saturated carbocycles. The van der Waals surface area contributed by atoms with E-state index in [2.05, 4.69) is 29.9 Å². The van der Waals surface area contributed by atoms with Crippen LogP contribution in [0, 0.1) is 5.92 Å². The molecule has 0 saturated heterocycles. The van der Waals surface area contributed by atoms with Crippen LogP contribution in [0.25, 0.3) is 0 Å². The van der Waals surface area contributed by atoms with Crippen molar-refractivity contribution in [3.8, 4) is 0 Å². The summed E-state index contributed by atoms with van der Waals surface area (Å²) in [5.41, 5.74) is 0.